The van der Waals surface area contributed by atoms with Crippen LogP contribution in [0, 0.1) is 0 Å². The molecule has 2 aromatic carbocycles. The van der Waals surface area contributed by atoms with E-state index in [9.17, 15) is 9.59 Å². The summed E-state index contributed by atoms with van der Waals surface area (Å²) in [5, 5.41) is 4.10. The second kappa shape index (κ2) is 13.6. The third-order valence-electron chi connectivity index (χ3n) is 6.34. The molecule has 0 aromatic heterocycles. The molecule has 6 nitrogen and oxygen atoms in total. The van der Waals surface area contributed by atoms with Crippen LogP contribution in [0.2, 0.25) is 10.0 Å². The Kier molecular flexibility index (Phi) is 10.5. The Morgan fingerprint density at radius 2 is 1.69 bits per heavy atom. The number of benzene rings is 2. The van der Waals surface area contributed by atoms with Crippen LogP contribution < -0.4 is 14.8 Å². The van der Waals surface area contributed by atoms with Crippen molar-refractivity contribution in [2.75, 3.05) is 13.7 Å². The van der Waals surface area contributed by atoms with Gasteiger partial charge in [0.25, 0.3) is 0 Å². The molecule has 1 aliphatic carbocycles. The molecule has 1 aliphatic rings. The Labute approximate surface area is 217 Å². The zero-order valence-electron chi connectivity index (χ0n) is 20.4. The lowest BCUT2D eigenvalue weighted by atomic mass is 10.1. The van der Waals surface area contributed by atoms with Crippen molar-refractivity contribution in [1.82, 2.24) is 10.2 Å². The zero-order valence-corrected chi connectivity index (χ0v) is 21.9. The van der Waals surface area contributed by atoms with Gasteiger partial charge in [-0.1, -0.05) is 49.0 Å². The minimum absolute atomic E-state index is 0.120. The number of nitrogens with one attached hydrogen (secondary N) is 1. The summed E-state index contributed by atoms with van der Waals surface area (Å²) < 4.78 is 10.9. The fraction of sp³-hybridized carbons (Fsp3) is 0.481. The number of nitrogens with zero attached hydrogens (tertiary/aromatic N) is 1. The first-order valence-electron chi connectivity index (χ1n) is 12.2. The fourth-order valence-electron chi connectivity index (χ4n) is 4.37. The van der Waals surface area contributed by atoms with E-state index in [0.29, 0.717) is 40.8 Å². The Morgan fingerprint density at radius 1 is 1.06 bits per heavy atom. The number of hydrogen-bond acceptors (Lipinski definition) is 4. The van der Waals surface area contributed by atoms with Gasteiger partial charge in [-0.2, -0.15) is 0 Å². The smallest absolute Gasteiger partial charge is 0.243 e. The van der Waals surface area contributed by atoms with Crippen LogP contribution >= 0.6 is 23.2 Å². The molecule has 190 valence electrons. The van der Waals surface area contributed by atoms with E-state index in [2.05, 4.69) is 5.32 Å². The molecule has 0 aliphatic heterocycles. The first-order valence-corrected chi connectivity index (χ1v) is 13.0. The molecule has 2 amide bonds. The number of rotatable bonds is 12. The summed E-state index contributed by atoms with van der Waals surface area (Å²) in [5.74, 6) is 1.21. The second-order valence-corrected chi connectivity index (χ2v) is 9.58. The molecule has 0 radical (unpaired) electrons. The molecule has 1 saturated carbocycles. The number of methoxy groups -OCH3 is 1. The van der Waals surface area contributed by atoms with Crippen LogP contribution in [-0.2, 0) is 16.1 Å². The van der Waals surface area contributed by atoms with E-state index in [0.717, 1.165) is 31.4 Å². The number of halogens is 2. The van der Waals surface area contributed by atoms with Gasteiger partial charge < -0.3 is 19.7 Å². The lowest BCUT2D eigenvalue weighted by Crippen LogP contribution is -2.51. The first kappa shape index (κ1) is 27.2. The zero-order chi connectivity index (χ0) is 25.2. The summed E-state index contributed by atoms with van der Waals surface area (Å²) >= 11 is 12.8. The first-order chi connectivity index (χ1) is 16.9. The molecule has 0 spiro atoms. The van der Waals surface area contributed by atoms with E-state index in [4.69, 9.17) is 32.7 Å². The highest BCUT2D eigenvalue weighted by Crippen LogP contribution is 2.28. The summed E-state index contributed by atoms with van der Waals surface area (Å²) in [6, 6.07) is 12.1. The van der Waals surface area contributed by atoms with Crippen molar-refractivity contribution in [2.45, 2.75) is 70.5 Å². The van der Waals surface area contributed by atoms with Crippen molar-refractivity contribution in [3.8, 4) is 11.5 Å². The molecule has 1 unspecified atom stereocenters. The summed E-state index contributed by atoms with van der Waals surface area (Å²) in [6.07, 6.45) is 5.45. The number of ether oxygens (including phenoxy) is 2. The second-order valence-electron chi connectivity index (χ2n) is 8.76. The molecule has 1 N–H and O–H groups in total. The Hall–Kier alpha value is -2.44. The summed E-state index contributed by atoms with van der Waals surface area (Å²) in [5.41, 5.74) is 0.644. The molecular formula is C27H34Cl2N2O4. The van der Waals surface area contributed by atoms with Gasteiger partial charge in [-0.15, -0.1) is 0 Å². The van der Waals surface area contributed by atoms with E-state index >= 15 is 0 Å². The van der Waals surface area contributed by atoms with Gasteiger partial charge in [-0.25, -0.2) is 0 Å². The molecule has 35 heavy (non-hydrogen) atoms. The fourth-order valence-corrected chi connectivity index (χ4v) is 4.89. The summed E-state index contributed by atoms with van der Waals surface area (Å²) in [4.78, 5) is 28.2. The molecule has 2 aromatic rings. The third kappa shape index (κ3) is 7.77. The molecule has 3 rings (SSSR count). The SMILES string of the molecule is CCC(C(=O)NC1CCCC1)N(Cc1c(Cl)cccc1Cl)C(=O)CCCOc1ccc(OC)cc1. The van der Waals surface area contributed by atoms with Crippen LogP contribution in [0.5, 0.6) is 11.5 Å². The number of hydrogen-bond donors (Lipinski definition) is 1. The maximum absolute atomic E-state index is 13.4. The van der Waals surface area contributed by atoms with Gasteiger partial charge >= 0.3 is 0 Å². The largest absolute Gasteiger partial charge is 0.497 e. The highest BCUT2D eigenvalue weighted by atomic mass is 35.5. The summed E-state index contributed by atoms with van der Waals surface area (Å²) in [7, 11) is 1.61. The van der Waals surface area contributed by atoms with Crippen LogP contribution in [0.4, 0.5) is 0 Å². The van der Waals surface area contributed by atoms with Gasteiger partial charge in [0.1, 0.15) is 17.5 Å². The van der Waals surface area contributed by atoms with Gasteiger partial charge in [-0.05, 0) is 62.1 Å². The molecular weight excluding hydrogens is 487 g/mol. The Morgan fingerprint density at radius 3 is 2.29 bits per heavy atom. The minimum atomic E-state index is -0.599. The third-order valence-corrected chi connectivity index (χ3v) is 7.05. The maximum Gasteiger partial charge on any atom is 0.243 e. The van der Waals surface area contributed by atoms with Gasteiger partial charge in [0.2, 0.25) is 11.8 Å². The van der Waals surface area contributed by atoms with Crippen LogP contribution in [0.25, 0.3) is 0 Å². The van der Waals surface area contributed by atoms with Crippen molar-refractivity contribution in [3.63, 3.8) is 0 Å². The van der Waals surface area contributed by atoms with Crippen LogP contribution in [0.15, 0.2) is 42.5 Å². The van der Waals surface area contributed by atoms with Crippen molar-refractivity contribution in [2.24, 2.45) is 0 Å². The van der Waals surface area contributed by atoms with E-state index in [1.54, 1.807) is 30.2 Å². The van der Waals surface area contributed by atoms with E-state index in [1.807, 2.05) is 31.2 Å². The van der Waals surface area contributed by atoms with Gasteiger partial charge in [-0.3, -0.25) is 9.59 Å². The minimum Gasteiger partial charge on any atom is -0.497 e. The van der Waals surface area contributed by atoms with E-state index in [1.165, 1.54) is 0 Å². The van der Waals surface area contributed by atoms with E-state index in [-0.39, 0.29) is 30.8 Å². The van der Waals surface area contributed by atoms with Crippen molar-refractivity contribution < 1.29 is 19.1 Å². The molecule has 1 atom stereocenters. The molecule has 0 bridgehead atoms. The van der Waals surface area contributed by atoms with Crippen LogP contribution in [0.1, 0.15) is 57.4 Å². The normalized spacial score (nSPS) is 14.4. The predicted molar refractivity (Wildman–Crippen MR) is 139 cm³/mol. The molecule has 1 fully saturated rings. The average molecular weight is 521 g/mol. The number of carbonyl (C=O) groups is 2. The molecule has 8 heteroatoms. The quantitative estimate of drug-likeness (QED) is 0.347. The van der Waals surface area contributed by atoms with Crippen LogP contribution in [-0.4, -0.2) is 42.5 Å². The van der Waals surface area contributed by atoms with Crippen molar-refractivity contribution in [1.29, 1.82) is 0 Å². The monoisotopic (exact) mass is 520 g/mol. The van der Waals surface area contributed by atoms with E-state index < -0.39 is 6.04 Å². The summed E-state index contributed by atoms with van der Waals surface area (Å²) in [6.45, 7) is 2.47. The number of carbonyl (C=O) groups excluding carboxylic acids is 2. The molecule has 0 heterocycles. The molecule has 0 saturated heterocycles. The predicted octanol–water partition coefficient (Wildman–Crippen LogP) is 6.03. The average Bonchev–Trinajstić information content (AvgIpc) is 3.36. The topological polar surface area (TPSA) is 67.9 Å². The van der Waals surface area contributed by atoms with Gasteiger partial charge in [0.05, 0.1) is 13.7 Å². The number of amides is 2. The van der Waals surface area contributed by atoms with Crippen molar-refractivity contribution in [3.05, 3.63) is 58.1 Å². The van der Waals surface area contributed by atoms with Crippen molar-refractivity contribution >= 4 is 35.0 Å². The Balaban J connectivity index is 1.67. The van der Waals surface area contributed by atoms with Gasteiger partial charge in [0.15, 0.2) is 0 Å². The lowest BCUT2D eigenvalue weighted by molar-refractivity contribution is -0.141. The standard InChI is InChI=1S/C27H34Cl2N2O4/c1-3-25(27(33)30-19-8-4-5-9-19)31(18-22-23(28)10-6-11-24(22)29)26(32)12-7-17-35-21-15-13-20(34-2)14-16-21/h6,10-11,13-16,19,25H,3-5,7-9,12,17-18H2,1-2H3,(H,30,33). The lowest BCUT2D eigenvalue weighted by Gasteiger charge is -2.32. The van der Waals surface area contributed by atoms with Crippen LogP contribution in [0.3, 0.4) is 0 Å². The Bertz CT molecular complexity index is 957. The highest BCUT2D eigenvalue weighted by Gasteiger charge is 2.31. The maximum atomic E-state index is 13.4. The van der Waals surface area contributed by atoms with Gasteiger partial charge in [0, 0.05) is 34.6 Å². The highest BCUT2D eigenvalue weighted by molar-refractivity contribution is 6.36.